The minimum absolute atomic E-state index is 0.159. The second kappa shape index (κ2) is 8.84. The number of β-amino-alcohol motifs (C(OH)–C–C–N with tert-alkyl or cyclic N) is 1. The molecule has 0 spiro atoms. The van der Waals surface area contributed by atoms with E-state index in [0.717, 1.165) is 16.5 Å². The number of nitrogens with one attached hydrogen (secondary N) is 2. The molecule has 3 rings (SSSR count). The number of hydrogen-bond acceptors (Lipinski definition) is 6. The van der Waals surface area contributed by atoms with Gasteiger partial charge >= 0.3 is 0 Å². The molecule has 31 heavy (non-hydrogen) atoms. The first-order chi connectivity index (χ1) is 14.6. The maximum atomic E-state index is 13.1. The summed E-state index contributed by atoms with van der Waals surface area (Å²) in [6.07, 6.45) is -0.480. The van der Waals surface area contributed by atoms with Gasteiger partial charge in [0, 0.05) is 26.6 Å². The first kappa shape index (κ1) is 23.0. The number of rotatable bonds is 6. The molecule has 1 aliphatic rings. The monoisotopic (exact) mass is 431 g/mol. The van der Waals surface area contributed by atoms with Crippen LogP contribution in [-0.2, 0) is 23.2 Å². The summed E-state index contributed by atoms with van der Waals surface area (Å²) in [5.74, 6) is 0.117. The first-order valence-electron chi connectivity index (χ1n) is 10.5. The number of nitrogens with zero attached hydrogens (tertiary/aromatic N) is 3. The number of likely N-dealkylation sites (tertiary alicyclic amines) is 1. The van der Waals surface area contributed by atoms with Crippen molar-refractivity contribution in [2.75, 3.05) is 20.7 Å². The third-order valence-corrected chi connectivity index (χ3v) is 5.81. The molecular weight excluding hydrogens is 398 g/mol. The molecule has 0 bridgehead atoms. The number of aryl methyl sites for hydroxylation is 1. The molecule has 170 valence electrons. The summed E-state index contributed by atoms with van der Waals surface area (Å²) >= 11 is 0. The van der Waals surface area contributed by atoms with Gasteiger partial charge in [-0.1, -0.05) is 26.8 Å². The summed E-state index contributed by atoms with van der Waals surface area (Å²) in [7, 11) is 5.15. The third-order valence-electron chi connectivity index (χ3n) is 5.81. The van der Waals surface area contributed by atoms with Crippen LogP contribution in [0.2, 0.25) is 0 Å². The van der Waals surface area contributed by atoms with Crippen molar-refractivity contribution in [1.29, 1.82) is 0 Å². The highest BCUT2D eigenvalue weighted by atomic mass is 16.5. The van der Waals surface area contributed by atoms with Crippen molar-refractivity contribution in [3.63, 3.8) is 0 Å². The molecule has 1 aromatic carbocycles. The molecule has 2 amide bonds. The molecule has 3 atom stereocenters. The predicted molar refractivity (Wildman–Crippen MR) is 118 cm³/mol. The lowest BCUT2D eigenvalue weighted by Crippen LogP contribution is -2.55. The van der Waals surface area contributed by atoms with Gasteiger partial charge in [0.15, 0.2) is 0 Å². The number of fused-ring (bicyclic) bond motifs is 1. The second-order valence-electron chi connectivity index (χ2n) is 9.19. The van der Waals surface area contributed by atoms with E-state index in [4.69, 9.17) is 4.74 Å². The summed E-state index contributed by atoms with van der Waals surface area (Å²) in [6.45, 7) is 6.38. The zero-order chi connectivity index (χ0) is 22.9. The summed E-state index contributed by atoms with van der Waals surface area (Å²) in [5.41, 5.74) is 1.49. The van der Waals surface area contributed by atoms with Crippen LogP contribution in [0.5, 0.6) is 5.88 Å². The minimum Gasteiger partial charge on any atom is -0.479 e. The Kier molecular flexibility index (Phi) is 6.56. The van der Waals surface area contributed by atoms with Crippen LogP contribution < -0.4 is 15.4 Å². The fourth-order valence-electron chi connectivity index (χ4n) is 4.24. The van der Waals surface area contributed by atoms with Gasteiger partial charge < -0.3 is 25.4 Å². The molecule has 3 N–H and O–H groups in total. The standard InChI is InChI=1S/C22H33N5O4/c1-22(2,3)18(23-4)21(30)27-12-14(28)10-17(27)19(29)24-11-13-7-8-15-16(9-13)26(5)25-20(15)31-6/h7-9,14,17-18,23,28H,10-12H2,1-6H3,(H,24,29)/t14-,17+,18-/m1/s1. The molecule has 9 heteroatoms. The van der Waals surface area contributed by atoms with E-state index in [1.165, 1.54) is 4.90 Å². The number of aliphatic hydroxyl groups excluding tert-OH is 1. The summed E-state index contributed by atoms with van der Waals surface area (Å²) in [6, 6.07) is 4.64. The number of carbonyl (C=O) groups is 2. The molecule has 0 radical (unpaired) electrons. The van der Waals surface area contributed by atoms with E-state index in [-0.39, 0.29) is 30.2 Å². The topological polar surface area (TPSA) is 109 Å². The maximum absolute atomic E-state index is 13.1. The zero-order valence-corrected chi connectivity index (χ0v) is 19.1. The Labute approximate surface area is 182 Å². The lowest BCUT2D eigenvalue weighted by molar-refractivity contribution is -0.142. The Bertz CT molecular complexity index is 965. The van der Waals surface area contributed by atoms with Gasteiger partial charge in [0.25, 0.3) is 0 Å². The van der Waals surface area contributed by atoms with Crippen molar-refractivity contribution in [3.8, 4) is 5.88 Å². The van der Waals surface area contributed by atoms with Gasteiger partial charge in [-0.2, -0.15) is 0 Å². The van der Waals surface area contributed by atoms with Gasteiger partial charge in [-0.05, 0) is 30.2 Å². The van der Waals surface area contributed by atoms with Gasteiger partial charge in [0.1, 0.15) is 6.04 Å². The van der Waals surface area contributed by atoms with Crippen LogP contribution in [0.15, 0.2) is 18.2 Å². The van der Waals surface area contributed by atoms with Crippen LogP contribution in [0, 0.1) is 5.41 Å². The molecule has 2 heterocycles. The average molecular weight is 432 g/mol. The largest absolute Gasteiger partial charge is 0.479 e. The minimum atomic E-state index is -0.713. The molecule has 1 saturated heterocycles. The van der Waals surface area contributed by atoms with Crippen LogP contribution in [-0.4, -0.2) is 70.5 Å². The van der Waals surface area contributed by atoms with E-state index in [2.05, 4.69) is 15.7 Å². The van der Waals surface area contributed by atoms with E-state index in [9.17, 15) is 14.7 Å². The van der Waals surface area contributed by atoms with Crippen LogP contribution in [0.3, 0.4) is 0 Å². The van der Waals surface area contributed by atoms with E-state index < -0.39 is 18.2 Å². The molecule has 2 aromatic rings. The molecule has 1 aromatic heterocycles. The smallest absolute Gasteiger partial charge is 0.243 e. The second-order valence-corrected chi connectivity index (χ2v) is 9.19. The number of hydrogen-bond donors (Lipinski definition) is 3. The highest BCUT2D eigenvalue weighted by molar-refractivity contribution is 5.91. The Morgan fingerprint density at radius 3 is 2.68 bits per heavy atom. The number of aromatic nitrogens is 2. The molecule has 0 saturated carbocycles. The highest BCUT2D eigenvalue weighted by Crippen LogP contribution is 2.27. The molecule has 0 unspecified atom stereocenters. The quantitative estimate of drug-likeness (QED) is 0.624. The number of aliphatic hydroxyl groups is 1. The molecule has 1 aliphatic heterocycles. The van der Waals surface area contributed by atoms with Gasteiger partial charge in [-0.3, -0.25) is 14.3 Å². The summed E-state index contributed by atoms with van der Waals surface area (Å²) < 4.78 is 7.02. The molecule has 9 nitrogen and oxygen atoms in total. The fourth-order valence-corrected chi connectivity index (χ4v) is 4.24. The molecule has 1 fully saturated rings. The van der Waals surface area contributed by atoms with Gasteiger partial charge in [0.2, 0.25) is 17.7 Å². The Morgan fingerprint density at radius 1 is 1.35 bits per heavy atom. The van der Waals surface area contributed by atoms with E-state index in [1.54, 1.807) is 18.8 Å². The highest BCUT2D eigenvalue weighted by Gasteiger charge is 2.43. The lowest BCUT2D eigenvalue weighted by atomic mass is 9.86. The number of methoxy groups -OCH3 is 1. The van der Waals surface area contributed by atoms with E-state index >= 15 is 0 Å². The van der Waals surface area contributed by atoms with Gasteiger partial charge in [-0.15, -0.1) is 5.10 Å². The lowest BCUT2D eigenvalue weighted by Gasteiger charge is -2.34. The van der Waals surface area contributed by atoms with E-state index in [1.807, 2.05) is 46.0 Å². The number of amides is 2. The first-order valence-corrected chi connectivity index (χ1v) is 10.5. The van der Waals surface area contributed by atoms with Crippen molar-refractivity contribution in [1.82, 2.24) is 25.3 Å². The summed E-state index contributed by atoms with van der Waals surface area (Å²) in [5, 5.41) is 21.4. The van der Waals surface area contributed by atoms with Crippen LogP contribution in [0.4, 0.5) is 0 Å². The van der Waals surface area contributed by atoms with Crippen molar-refractivity contribution in [2.24, 2.45) is 12.5 Å². The van der Waals surface area contributed by atoms with Crippen molar-refractivity contribution in [3.05, 3.63) is 23.8 Å². The Morgan fingerprint density at radius 2 is 2.06 bits per heavy atom. The van der Waals surface area contributed by atoms with Gasteiger partial charge in [-0.25, -0.2) is 0 Å². The molecule has 0 aliphatic carbocycles. The van der Waals surface area contributed by atoms with Crippen molar-refractivity contribution in [2.45, 2.75) is 51.9 Å². The van der Waals surface area contributed by atoms with Crippen LogP contribution in [0.25, 0.3) is 10.9 Å². The fraction of sp³-hybridized carbons (Fsp3) is 0.591. The SMILES string of the molecule is CN[C@H](C(=O)N1C[C@H](O)C[C@H]1C(=O)NCc1ccc2c(OC)nn(C)c2c1)C(C)(C)C. The normalized spacial score (nSPS) is 20.2. The van der Waals surface area contributed by atoms with Crippen molar-refractivity contribution >= 4 is 22.7 Å². The average Bonchev–Trinajstić information content (AvgIpc) is 3.25. The zero-order valence-electron chi connectivity index (χ0n) is 19.1. The van der Waals surface area contributed by atoms with Crippen LogP contribution >= 0.6 is 0 Å². The van der Waals surface area contributed by atoms with Gasteiger partial charge in [0.05, 0.1) is 30.2 Å². The van der Waals surface area contributed by atoms with Crippen LogP contribution in [0.1, 0.15) is 32.8 Å². The summed E-state index contributed by atoms with van der Waals surface area (Å²) in [4.78, 5) is 27.6. The number of likely N-dealkylation sites (N-methyl/N-ethyl adjacent to an activating group) is 1. The number of ether oxygens (including phenoxy) is 1. The Hall–Kier alpha value is -2.65. The number of carbonyl (C=O) groups excluding carboxylic acids is 2. The predicted octanol–water partition coefficient (Wildman–Crippen LogP) is 0.794. The van der Waals surface area contributed by atoms with Crippen molar-refractivity contribution < 1.29 is 19.4 Å². The van der Waals surface area contributed by atoms with E-state index in [0.29, 0.717) is 12.4 Å². The third kappa shape index (κ3) is 4.67. The number of benzene rings is 1. The maximum Gasteiger partial charge on any atom is 0.243 e. The Balaban J connectivity index is 1.72. The molecular formula is C22H33N5O4.